The third-order valence-electron chi connectivity index (χ3n) is 4.39. The van der Waals surface area contributed by atoms with Crippen molar-refractivity contribution in [3.8, 4) is 11.3 Å². The molecular weight excluding hydrogens is 435 g/mol. The number of hydrogen-bond donors (Lipinski definition) is 1. The van der Waals surface area contributed by atoms with Crippen LogP contribution in [0.5, 0.6) is 0 Å². The lowest BCUT2D eigenvalue weighted by Gasteiger charge is -2.19. The molecule has 2 aromatic carbocycles. The highest BCUT2D eigenvalue weighted by Gasteiger charge is 2.25. The lowest BCUT2D eigenvalue weighted by molar-refractivity contribution is 0.477. The molecule has 27 heavy (non-hydrogen) atoms. The van der Waals surface area contributed by atoms with Crippen LogP contribution in [0.4, 0.5) is 4.39 Å². The number of halogens is 2. The maximum Gasteiger partial charge on any atom is 0.294 e. The minimum Gasteiger partial charge on any atom is -0.282 e. The van der Waals surface area contributed by atoms with E-state index in [1.165, 1.54) is 18.2 Å². The zero-order valence-corrected chi connectivity index (χ0v) is 17.3. The number of benzene rings is 2. The Bertz CT molecular complexity index is 1110. The predicted octanol–water partition coefficient (Wildman–Crippen LogP) is 4.92. The summed E-state index contributed by atoms with van der Waals surface area (Å²) in [5, 5.41) is 4.54. The molecule has 1 atom stereocenters. The largest absolute Gasteiger partial charge is 0.294 e. The van der Waals surface area contributed by atoms with Gasteiger partial charge in [-0.3, -0.25) is 9.23 Å². The molecule has 0 aliphatic carbocycles. The van der Waals surface area contributed by atoms with Gasteiger partial charge in [-0.25, -0.2) is 4.39 Å². The van der Waals surface area contributed by atoms with Crippen molar-refractivity contribution in [2.24, 2.45) is 0 Å². The van der Waals surface area contributed by atoms with Crippen LogP contribution in [0, 0.1) is 19.7 Å². The Balaban J connectivity index is 2.23. The van der Waals surface area contributed by atoms with Gasteiger partial charge in [-0.1, -0.05) is 17.7 Å². The minimum atomic E-state index is -4.39. The second-order valence-corrected chi connectivity index (χ2v) is 8.57. The zero-order valence-electron chi connectivity index (χ0n) is 14.9. The third-order valence-corrected chi connectivity index (χ3v) is 6.27. The minimum absolute atomic E-state index is 0.157. The monoisotopic (exact) mass is 452 g/mol. The molecule has 0 spiro atoms. The van der Waals surface area contributed by atoms with E-state index in [0.717, 1.165) is 15.6 Å². The van der Waals surface area contributed by atoms with Crippen molar-refractivity contribution in [3.05, 3.63) is 69.6 Å². The molecule has 3 rings (SSSR count). The van der Waals surface area contributed by atoms with Gasteiger partial charge in [-0.2, -0.15) is 13.5 Å². The Morgan fingerprint density at radius 2 is 1.78 bits per heavy atom. The second-order valence-electron chi connectivity index (χ2n) is 6.39. The molecule has 1 N–H and O–H groups in total. The summed E-state index contributed by atoms with van der Waals surface area (Å²) in [5.41, 5.74) is 3.42. The van der Waals surface area contributed by atoms with E-state index >= 15 is 0 Å². The molecule has 142 valence electrons. The van der Waals surface area contributed by atoms with Gasteiger partial charge in [0, 0.05) is 5.56 Å². The van der Waals surface area contributed by atoms with Crippen molar-refractivity contribution in [1.82, 2.24) is 9.78 Å². The first kappa shape index (κ1) is 19.7. The van der Waals surface area contributed by atoms with Crippen LogP contribution in [0.3, 0.4) is 0 Å². The molecule has 0 aliphatic heterocycles. The number of nitrogens with zero attached hydrogens (tertiary/aromatic N) is 2. The summed E-state index contributed by atoms with van der Waals surface area (Å²) in [4.78, 5) is -0.157. The zero-order chi connectivity index (χ0) is 19.9. The van der Waals surface area contributed by atoms with Gasteiger partial charge in [-0.15, -0.1) is 0 Å². The first-order chi connectivity index (χ1) is 12.6. The molecule has 1 heterocycles. The molecule has 0 saturated heterocycles. The highest BCUT2D eigenvalue weighted by Crippen LogP contribution is 2.36. The van der Waals surface area contributed by atoms with Crippen LogP contribution < -0.4 is 0 Å². The average Bonchev–Trinajstić information content (AvgIpc) is 2.89. The van der Waals surface area contributed by atoms with Gasteiger partial charge in [-0.05, 0) is 72.6 Å². The maximum atomic E-state index is 13.3. The topological polar surface area (TPSA) is 72.2 Å². The Hall–Kier alpha value is -2.03. The maximum absolute atomic E-state index is 13.3. The smallest absolute Gasteiger partial charge is 0.282 e. The number of aromatic nitrogens is 2. The van der Waals surface area contributed by atoms with E-state index in [0.29, 0.717) is 17.0 Å². The molecule has 1 aromatic heterocycles. The van der Waals surface area contributed by atoms with E-state index < -0.39 is 16.2 Å². The van der Waals surface area contributed by atoms with Crippen molar-refractivity contribution in [2.45, 2.75) is 31.7 Å². The highest BCUT2D eigenvalue weighted by molar-refractivity contribution is 9.10. The van der Waals surface area contributed by atoms with Crippen LogP contribution in [0.15, 0.2) is 51.8 Å². The lowest BCUT2D eigenvalue weighted by Crippen LogP contribution is -2.14. The standard InChI is InChI=1S/C19H18BrFN2O3S/c1-11-4-9-17(27(24,25)26)16(10-11)13(3)23-19(18(20)12(2)22-23)14-5-7-15(21)8-6-14/h4-10,13H,1-3H3,(H,24,25,26). The van der Waals surface area contributed by atoms with Crippen LogP contribution in [0.2, 0.25) is 0 Å². The summed E-state index contributed by atoms with van der Waals surface area (Å²) in [6.07, 6.45) is 0. The van der Waals surface area contributed by atoms with Crippen LogP contribution in [-0.4, -0.2) is 22.8 Å². The first-order valence-electron chi connectivity index (χ1n) is 8.18. The molecule has 0 amide bonds. The summed E-state index contributed by atoms with van der Waals surface area (Å²) in [6.45, 7) is 5.46. The Kier molecular flexibility index (Phi) is 5.24. The summed E-state index contributed by atoms with van der Waals surface area (Å²) in [5.74, 6) is -0.349. The summed E-state index contributed by atoms with van der Waals surface area (Å²) in [7, 11) is -4.39. The van der Waals surface area contributed by atoms with E-state index in [9.17, 15) is 17.4 Å². The highest BCUT2D eigenvalue weighted by atomic mass is 79.9. The molecule has 0 saturated carbocycles. The summed E-state index contributed by atoms with van der Waals surface area (Å²) >= 11 is 3.52. The van der Waals surface area contributed by atoms with Crippen molar-refractivity contribution in [3.63, 3.8) is 0 Å². The number of hydrogen-bond acceptors (Lipinski definition) is 3. The molecule has 0 bridgehead atoms. The van der Waals surface area contributed by atoms with E-state index in [1.807, 2.05) is 13.8 Å². The van der Waals surface area contributed by atoms with Gasteiger partial charge < -0.3 is 0 Å². The fourth-order valence-corrected chi connectivity index (χ4v) is 4.29. The fourth-order valence-electron chi connectivity index (χ4n) is 3.04. The molecule has 0 aliphatic rings. The van der Waals surface area contributed by atoms with E-state index in [1.54, 1.807) is 35.9 Å². The lowest BCUT2D eigenvalue weighted by atomic mass is 10.0. The van der Waals surface area contributed by atoms with Gasteiger partial charge in [0.2, 0.25) is 0 Å². The fraction of sp³-hybridized carbons (Fsp3) is 0.211. The van der Waals surface area contributed by atoms with E-state index in [2.05, 4.69) is 21.0 Å². The molecule has 0 fully saturated rings. The molecule has 5 nitrogen and oxygen atoms in total. The van der Waals surface area contributed by atoms with Crippen molar-refractivity contribution < 1.29 is 17.4 Å². The van der Waals surface area contributed by atoms with Gasteiger partial charge in [0.15, 0.2) is 0 Å². The summed E-state index contributed by atoms with van der Waals surface area (Å²) < 4.78 is 49.1. The van der Waals surface area contributed by atoms with Crippen LogP contribution in [-0.2, 0) is 10.1 Å². The Labute approximate surface area is 165 Å². The molecule has 1 unspecified atom stereocenters. The SMILES string of the molecule is Cc1ccc(S(=O)(=O)O)c(C(C)n2nc(C)c(Br)c2-c2ccc(F)cc2)c1. The van der Waals surface area contributed by atoms with Gasteiger partial charge in [0.1, 0.15) is 5.82 Å². The summed E-state index contributed by atoms with van der Waals surface area (Å²) in [6, 6.07) is 10.2. The van der Waals surface area contributed by atoms with Gasteiger partial charge >= 0.3 is 0 Å². The molecule has 8 heteroatoms. The second kappa shape index (κ2) is 7.18. The van der Waals surface area contributed by atoms with Gasteiger partial charge in [0.25, 0.3) is 10.1 Å². The predicted molar refractivity (Wildman–Crippen MR) is 105 cm³/mol. The van der Waals surface area contributed by atoms with Gasteiger partial charge in [0.05, 0.1) is 26.8 Å². The van der Waals surface area contributed by atoms with Crippen LogP contribution >= 0.6 is 15.9 Å². The number of rotatable bonds is 4. The molecular formula is C19H18BrFN2O3S. The Morgan fingerprint density at radius 1 is 1.15 bits per heavy atom. The van der Waals surface area contributed by atoms with Crippen LogP contribution in [0.1, 0.15) is 29.8 Å². The molecule has 0 radical (unpaired) electrons. The van der Waals surface area contributed by atoms with Crippen molar-refractivity contribution >= 4 is 26.0 Å². The van der Waals surface area contributed by atoms with E-state index in [-0.39, 0.29) is 10.7 Å². The first-order valence-corrected chi connectivity index (χ1v) is 10.4. The van der Waals surface area contributed by atoms with Crippen molar-refractivity contribution in [2.75, 3.05) is 0 Å². The average molecular weight is 453 g/mol. The third kappa shape index (κ3) is 3.83. The number of aryl methyl sites for hydroxylation is 2. The van der Waals surface area contributed by atoms with E-state index in [4.69, 9.17) is 0 Å². The van der Waals surface area contributed by atoms with Crippen molar-refractivity contribution in [1.29, 1.82) is 0 Å². The molecule has 3 aromatic rings. The normalized spacial score (nSPS) is 13.0. The Morgan fingerprint density at radius 3 is 2.37 bits per heavy atom. The quantitative estimate of drug-likeness (QED) is 0.569. The van der Waals surface area contributed by atoms with Crippen LogP contribution in [0.25, 0.3) is 11.3 Å².